The zero-order chi connectivity index (χ0) is 19.4. The van der Waals surface area contributed by atoms with Crippen molar-refractivity contribution in [3.8, 4) is 5.75 Å². The molecule has 2 amide bonds. The molecule has 2 aromatic carbocycles. The van der Waals surface area contributed by atoms with Gasteiger partial charge in [-0.05, 0) is 42.8 Å². The fourth-order valence-corrected chi connectivity index (χ4v) is 3.35. The zero-order valence-corrected chi connectivity index (χ0v) is 15.1. The second kappa shape index (κ2) is 8.05. The number of para-hydroxylation sites is 1. The first-order valence-corrected chi connectivity index (χ1v) is 8.70. The van der Waals surface area contributed by atoms with Crippen LogP contribution in [0.2, 0.25) is 0 Å². The summed E-state index contributed by atoms with van der Waals surface area (Å²) in [4.78, 5) is 26.1. The van der Waals surface area contributed by atoms with Crippen molar-refractivity contribution < 1.29 is 19.4 Å². The van der Waals surface area contributed by atoms with Crippen LogP contribution < -0.4 is 10.1 Å². The number of hydrogen-bond acceptors (Lipinski definition) is 4. The fourth-order valence-electron chi connectivity index (χ4n) is 3.35. The Morgan fingerprint density at radius 3 is 2.59 bits per heavy atom. The SMILES string of the molecule is C=CC(=O)Nc1ccc(C(=O)N2CC[C@@H](O)[C@H]2c2ccccc2OC)cc1. The lowest BCUT2D eigenvalue weighted by Gasteiger charge is -2.28. The normalized spacial score (nSPS) is 18.8. The lowest BCUT2D eigenvalue weighted by molar-refractivity contribution is -0.111. The number of anilines is 1. The van der Waals surface area contributed by atoms with Crippen molar-refractivity contribution in [3.05, 3.63) is 72.3 Å². The van der Waals surface area contributed by atoms with Gasteiger partial charge in [-0.15, -0.1) is 0 Å². The van der Waals surface area contributed by atoms with Crippen LogP contribution in [0.25, 0.3) is 0 Å². The Labute approximate surface area is 158 Å². The topological polar surface area (TPSA) is 78.9 Å². The minimum absolute atomic E-state index is 0.177. The van der Waals surface area contributed by atoms with Gasteiger partial charge in [-0.2, -0.15) is 0 Å². The Morgan fingerprint density at radius 2 is 1.93 bits per heavy atom. The molecule has 140 valence electrons. The number of hydrogen-bond donors (Lipinski definition) is 2. The lowest BCUT2D eigenvalue weighted by atomic mass is 10.0. The van der Waals surface area contributed by atoms with E-state index < -0.39 is 12.1 Å². The third-order valence-electron chi connectivity index (χ3n) is 4.67. The van der Waals surface area contributed by atoms with Crippen molar-refractivity contribution >= 4 is 17.5 Å². The number of carbonyl (C=O) groups is 2. The van der Waals surface area contributed by atoms with Crippen molar-refractivity contribution in [2.75, 3.05) is 19.0 Å². The number of benzene rings is 2. The van der Waals surface area contributed by atoms with Crippen LogP contribution in [0.15, 0.2) is 61.2 Å². The van der Waals surface area contributed by atoms with Gasteiger partial charge >= 0.3 is 0 Å². The van der Waals surface area contributed by atoms with E-state index in [-0.39, 0.29) is 11.8 Å². The Bertz CT molecular complexity index is 848. The lowest BCUT2D eigenvalue weighted by Crippen LogP contribution is -2.33. The molecule has 27 heavy (non-hydrogen) atoms. The van der Waals surface area contributed by atoms with Crippen molar-refractivity contribution in [1.29, 1.82) is 0 Å². The molecule has 6 heteroatoms. The number of aliphatic hydroxyl groups excluding tert-OH is 1. The minimum Gasteiger partial charge on any atom is -0.496 e. The van der Waals surface area contributed by atoms with Gasteiger partial charge in [0.2, 0.25) is 5.91 Å². The summed E-state index contributed by atoms with van der Waals surface area (Å²) in [6.45, 7) is 3.86. The van der Waals surface area contributed by atoms with Crippen molar-refractivity contribution in [2.24, 2.45) is 0 Å². The number of nitrogens with zero attached hydrogens (tertiary/aromatic N) is 1. The van der Waals surface area contributed by atoms with Crippen molar-refractivity contribution in [3.63, 3.8) is 0 Å². The van der Waals surface area contributed by atoms with Crippen molar-refractivity contribution in [1.82, 2.24) is 4.90 Å². The summed E-state index contributed by atoms with van der Waals surface area (Å²) < 4.78 is 5.41. The van der Waals surface area contributed by atoms with Gasteiger partial charge in [-0.1, -0.05) is 24.8 Å². The third-order valence-corrected chi connectivity index (χ3v) is 4.67. The molecule has 2 N–H and O–H groups in total. The molecule has 2 atom stereocenters. The molecular weight excluding hydrogens is 344 g/mol. The maximum absolute atomic E-state index is 13.0. The number of likely N-dealkylation sites (tertiary alicyclic amines) is 1. The maximum atomic E-state index is 13.0. The molecule has 2 aromatic rings. The summed E-state index contributed by atoms with van der Waals surface area (Å²) in [6, 6.07) is 13.6. The summed E-state index contributed by atoms with van der Waals surface area (Å²) in [5.41, 5.74) is 1.85. The van der Waals surface area contributed by atoms with Crippen LogP contribution >= 0.6 is 0 Å². The number of carbonyl (C=O) groups excluding carboxylic acids is 2. The molecule has 1 aliphatic heterocycles. The highest BCUT2D eigenvalue weighted by Crippen LogP contribution is 2.38. The third kappa shape index (κ3) is 3.85. The standard InChI is InChI=1S/C21H22N2O4/c1-3-19(25)22-15-10-8-14(9-11-15)21(26)23-13-12-17(24)20(23)16-6-4-5-7-18(16)27-2/h3-11,17,20,24H,1,12-13H2,2H3,(H,22,25)/t17-,20-/m1/s1. The number of amides is 2. The van der Waals surface area contributed by atoms with Crippen LogP contribution in [0.4, 0.5) is 5.69 Å². The predicted octanol–water partition coefficient (Wildman–Crippen LogP) is 2.77. The molecule has 0 radical (unpaired) electrons. The van der Waals surface area contributed by atoms with Gasteiger partial charge < -0.3 is 20.1 Å². The molecule has 0 saturated carbocycles. The van der Waals surface area contributed by atoms with E-state index in [9.17, 15) is 14.7 Å². The summed E-state index contributed by atoms with van der Waals surface area (Å²) >= 11 is 0. The summed E-state index contributed by atoms with van der Waals surface area (Å²) in [6.07, 6.45) is 1.03. The van der Waals surface area contributed by atoms with Crippen molar-refractivity contribution in [2.45, 2.75) is 18.6 Å². The van der Waals surface area contributed by atoms with Gasteiger partial charge in [-0.3, -0.25) is 9.59 Å². The number of nitrogens with one attached hydrogen (secondary N) is 1. The second-order valence-corrected chi connectivity index (χ2v) is 6.31. The number of rotatable bonds is 5. The molecule has 1 aliphatic rings. The molecular formula is C21H22N2O4. The average Bonchev–Trinajstić information content (AvgIpc) is 3.09. The highest BCUT2D eigenvalue weighted by Gasteiger charge is 2.38. The van der Waals surface area contributed by atoms with E-state index in [1.807, 2.05) is 24.3 Å². The molecule has 1 heterocycles. The summed E-state index contributed by atoms with van der Waals surface area (Å²) in [5, 5.41) is 13.1. The minimum atomic E-state index is -0.656. The van der Waals surface area contributed by atoms with Crippen LogP contribution in [-0.4, -0.2) is 41.6 Å². The Hall–Kier alpha value is -3.12. The van der Waals surface area contributed by atoms with E-state index in [1.165, 1.54) is 6.08 Å². The molecule has 3 rings (SSSR count). The molecule has 0 bridgehead atoms. The van der Waals surface area contributed by atoms with Crippen LogP contribution in [0.1, 0.15) is 28.4 Å². The first-order chi connectivity index (χ1) is 13.0. The van der Waals surface area contributed by atoms with E-state index in [0.717, 1.165) is 5.56 Å². The van der Waals surface area contributed by atoms with E-state index in [4.69, 9.17) is 4.74 Å². The summed E-state index contributed by atoms with van der Waals surface area (Å²) in [5.74, 6) is 0.153. The first-order valence-electron chi connectivity index (χ1n) is 8.70. The molecule has 6 nitrogen and oxygen atoms in total. The monoisotopic (exact) mass is 366 g/mol. The largest absolute Gasteiger partial charge is 0.496 e. The molecule has 0 spiro atoms. The fraction of sp³-hybridized carbons (Fsp3) is 0.238. The van der Waals surface area contributed by atoms with E-state index in [2.05, 4.69) is 11.9 Å². The van der Waals surface area contributed by atoms with Crippen LogP contribution in [-0.2, 0) is 4.79 Å². The van der Waals surface area contributed by atoms with Gasteiger partial charge in [0.25, 0.3) is 5.91 Å². The molecule has 0 aromatic heterocycles. The maximum Gasteiger partial charge on any atom is 0.254 e. The van der Waals surface area contributed by atoms with Gasteiger partial charge in [-0.25, -0.2) is 0 Å². The van der Waals surface area contributed by atoms with E-state index >= 15 is 0 Å². The number of aliphatic hydroxyl groups is 1. The van der Waals surface area contributed by atoms with E-state index in [1.54, 1.807) is 36.3 Å². The molecule has 1 saturated heterocycles. The highest BCUT2D eigenvalue weighted by atomic mass is 16.5. The number of methoxy groups -OCH3 is 1. The predicted molar refractivity (Wildman–Crippen MR) is 103 cm³/mol. The van der Waals surface area contributed by atoms with Crippen LogP contribution in [0.3, 0.4) is 0 Å². The van der Waals surface area contributed by atoms with Crippen LogP contribution in [0.5, 0.6) is 5.75 Å². The Kier molecular flexibility index (Phi) is 5.57. The molecule has 0 aliphatic carbocycles. The number of ether oxygens (including phenoxy) is 1. The van der Waals surface area contributed by atoms with Crippen LogP contribution in [0, 0.1) is 0 Å². The van der Waals surface area contributed by atoms with E-state index in [0.29, 0.717) is 30.0 Å². The second-order valence-electron chi connectivity index (χ2n) is 6.31. The average molecular weight is 366 g/mol. The summed E-state index contributed by atoms with van der Waals surface area (Å²) in [7, 11) is 1.57. The van der Waals surface area contributed by atoms with Gasteiger partial charge in [0, 0.05) is 23.4 Å². The highest BCUT2D eigenvalue weighted by molar-refractivity contribution is 6.00. The van der Waals surface area contributed by atoms with Gasteiger partial charge in [0.05, 0.1) is 19.3 Å². The van der Waals surface area contributed by atoms with Gasteiger partial charge in [0.15, 0.2) is 0 Å². The quantitative estimate of drug-likeness (QED) is 0.798. The molecule has 1 fully saturated rings. The molecule has 0 unspecified atom stereocenters. The zero-order valence-electron chi connectivity index (χ0n) is 15.1. The first kappa shape index (κ1) is 18.7. The Morgan fingerprint density at radius 1 is 1.22 bits per heavy atom. The smallest absolute Gasteiger partial charge is 0.254 e. The Balaban J connectivity index is 1.84. The van der Waals surface area contributed by atoms with Gasteiger partial charge in [0.1, 0.15) is 5.75 Å².